The van der Waals surface area contributed by atoms with Gasteiger partial charge >= 0.3 is 5.69 Å². The molecule has 0 spiro atoms. The number of aromatic nitrogens is 2. The van der Waals surface area contributed by atoms with E-state index in [1.165, 1.54) is 33.0 Å². The summed E-state index contributed by atoms with van der Waals surface area (Å²) < 4.78 is 31.8. The van der Waals surface area contributed by atoms with Gasteiger partial charge in [0.15, 0.2) is 0 Å². The first kappa shape index (κ1) is 20.6. The number of aryl methyl sites for hydroxylation is 2. The molecule has 0 saturated carbocycles. The normalized spacial score (nSPS) is 11.7. The van der Waals surface area contributed by atoms with E-state index in [9.17, 15) is 13.2 Å². The lowest BCUT2D eigenvalue weighted by molar-refractivity contribution is 0.601. The van der Waals surface area contributed by atoms with Crippen LogP contribution in [-0.2, 0) is 24.1 Å². The number of imidazole rings is 1. The highest BCUT2D eigenvalue weighted by molar-refractivity contribution is 7.99. The number of benzene rings is 3. The van der Waals surface area contributed by atoms with Crippen LogP contribution in [0.25, 0.3) is 11.0 Å². The van der Waals surface area contributed by atoms with Crippen molar-refractivity contribution in [1.82, 2.24) is 9.13 Å². The van der Waals surface area contributed by atoms with Crippen molar-refractivity contribution in [3.8, 4) is 0 Å². The van der Waals surface area contributed by atoms with Gasteiger partial charge in [0.05, 0.1) is 21.7 Å². The van der Waals surface area contributed by atoms with Gasteiger partial charge in [0.2, 0.25) is 0 Å². The maximum absolute atomic E-state index is 13.0. The number of halogens is 1. The molecule has 9 heteroatoms. The van der Waals surface area contributed by atoms with Gasteiger partial charge in [-0.2, -0.15) is 0 Å². The lowest BCUT2D eigenvalue weighted by atomic mass is 10.3. The molecule has 4 aromatic rings. The third kappa shape index (κ3) is 3.74. The van der Waals surface area contributed by atoms with E-state index < -0.39 is 10.0 Å². The van der Waals surface area contributed by atoms with Crippen molar-refractivity contribution in [3.63, 3.8) is 0 Å². The summed E-state index contributed by atoms with van der Waals surface area (Å²) in [6, 6.07) is 19.4. The summed E-state index contributed by atoms with van der Waals surface area (Å²) in [5, 5.41) is 0.135. The van der Waals surface area contributed by atoms with Crippen LogP contribution in [0.4, 0.5) is 5.69 Å². The number of nitrogens with zero attached hydrogens (tertiary/aromatic N) is 2. The van der Waals surface area contributed by atoms with Crippen LogP contribution in [0.5, 0.6) is 0 Å². The molecule has 0 bridgehead atoms. The highest BCUT2D eigenvalue weighted by atomic mass is 35.5. The van der Waals surface area contributed by atoms with Crippen LogP contribution >= 0.6 is 23.4 Å². The summed E-state index contributed by atoms with van der Waals surface area (Å²) in [4.78, 5) is 14.0. The van der Waals surface area contributed by atoms with Crippen molar-refractivity contribution in [2.24, 2.45) is 14.1 Å². The quantitative estimate of drug-likeness (QED) is 0.477. The zero-order chi connectivity index (χ0) is 21.5. The minimum atomic E-state index is -3.93. The van der Waals surface area contributed by atoms with E-state index in [4.69, 9.17) is 11.6 Å². The Kier molecular flexibility index (Phi) is 5.40. The fourth-order valence-electron chi connectivity index (χ4n) is 3.17. The number of hydrogen-bond donors (Lipinski definition) is 1. The SMILES string of the molecule is Cn1c(=O)n(C)c2cc(Sc3ccccc3)c(NS(=O)(=O)c3ccccc3Cl)cc21. The van der Waals surface area contributed by atoms with Gasteiger partial charge in [-0.3, -0.25) is 13.9 Å². The van der Waals surface area contributed by atoms with Crippen molar-refractivity contribution < 1.29 is 8.42 Å². The first-order valence-electron chi connectivity index (χ1n) is 8.97. The summed E-state index contributed by atoms with van der Waals surface area (Å²) in [7, 11) is -0.590. The van der Waals surface area contributed by atoms with Crippen LogP contribution in [0.2, 0.25) is 5.02 Å². The zero-order valence-electron chi connectivity index (χ0n) is 16.2. The standard InChI is InChI=1S/C21H18ClN3O3S2/c1-24-17-12-16(23-30(27,28)20-11-7-6-10-15(20)22)19(13-18(17)25(2)21(24)26)29-14-8-4-3-5-9-14/h3-13,23H,1-2H3. The van der Waals surface area contributed by atoms with E-state index >= 15 is 0 Å². The Balaban J connectivity index is 1.88. The van der Waals surface area contributed by atoms with Crippen molar-refractivity contribution in [1.29, 1.82) is 0 Å². The smallest absolute Gasteiger partial charge is 0.295 e. The molecule has 6 nitrogen and oxygen atoms in total. The lowest BCUT2D eigenvalue weighted by Gasteiger charge is -2.14. The van der Waals surface area contributed by atoms with Gasteiger partial charge < -0.3 is 0 Å². The summed E-state index contributed by atoms with van der Waals surface area (Å²) in [5.41, 5.74) is 1.52. The maximum atomic E-state index is 13.0. The van der Waals surface area contributed by atoms with E-state index in [-0.39, 0.29) is 15.6 Å². The fraction of sp³-hybridized carbons (Fsp3) is 0.0952. The number of anilines is 1. The molecular formula is C21H18ClN3O3S2. The molecule has 0 unspecified atom stereocenters. The summed E-state index contributed by atoms with van der Waals surface area (Å²) >= 11 is 7.52. The number of rotatable bonds is 5. The average Bonchev–Trinajstić information content (AvgIpc) is 2.93. The molecule has 4 rings (SSSR count). The minimum absolute atomic E-state index is 0.00984. The Bertz CT molecular complexity index is 1410. The van der Waals surface area contributed by atoms with Gasteiger partial charge in [-0.1, -0.05) is 53.7 Å². The van der Waals surface area contributed by atoms with E-state index in [1.807, 2.05) is 36.4 Å². The highest BCUT2D eigenvalue weighted by Crippen LogP contribution is 2.37. The molecule has 1 N–H and O–H groups in total. The molecule has 0 amide bonds. The molecule has 30 heavy (non-hydrogen) atoms. The molecule has 0 atom stereocenters. The van der Waals surface area contributed by atoms with Gasteiger partial charge in [-0.25, -0.2) is 13.2 Å². The van der Waals surface area contributed by atoms with Crippen LogP contribution in [-0.4, -0.2) is 17.6 Å². The van der Waals surface area contributed by atoms with Crippen molar-refractivity contribution in [2.75, 3.05) is 4.72 Å². The van der Waals surface area contributed by atoms with Crippen molar-refractivity contribution in [3.05, 3.63) is 82.2 Å². The maximum Gasteiger partial charge on any atom is 0.328 e. The second kappa shape index (κ2) is 7.86. The van der Waals surface area contributed by atoms with Gasteiger partial charge in [-0.15, -0.1) is 0 Å². The van der Waals surface area contributed by atoms with Gasteiger partial charge in [0.25, 0.3) is 10.0 Å². The third-order valence-corrected chi connectivity index (χ3v) is 7.65. The topological polar surface area (TPSA) is 73.1 Å². The van der Waals surface area contributed by atoms with Crippen LogP contribution in [0.1, 0.15) is 0 Å². The third-order valence-electron chi connectivity index (χ3n) is 4.71. The second-order valence-electron chi connectivity index (χ2n) is 6.69. The van der Waals surface area contributed by atoms with Crippen LogP contribution in [0, 0.1) is 0 Å². The van der Waals surface area contributed by atoms with E-state index in [0.717, 1.165) is 4.90 Å². The number of fused-ring (bicyclic) bond motifs is 1. The first-order valence-corrected chi connectivity index (χ1v) is 11.7. The lowest BCUT2D eigenvalue weighted by Crippen LogP contribution is -2.19. The van der Waals surface area contributed by atoms with Gasteiger partial charge in [0.1, 0.15) is 4.90 Å². The Morgan fingerprint density at radius 3 is 2.17 bits per heavy atom. The molecule has 1 aromatic heterocycles. The summed E-state index contributed by atoms with van der Waals surface area (Å²) in [5.74, 6) is 0. The van der Waals surface area contributed by atoms with Crippen molar-refractivity contribution >= 4 is 50.1 Å². The largest absolute Gasteiger partial charge is 0.328 e. The Morgan fingerprint density at radius 2 is 1.50 bits per heavy atom. The Morgan fingerprint density at radius 1 is 0.900 bits per heavy atom. The number of sulfonamides is 1. The molecule has 154 valence electrons. The van der Waals surface area contributed by atoms with E-state index in [0.29, 0.717) is 21.6 Å². The Labute approximate surface area is 183 Å². The summed E-state index contributed by atoms with van der Waals surface area (Å²) in [6.45, 7) is 0. The molecule has 3 aromatic carbocycles. The fourth-order valence-corrected chi connectivity index (χ4v) is 5.76. The van der Waals surface area contributed by atoms with Crippen LogP contribution in [0.15, 0.2) is 86.2 Å². The Hall–Kier alpha value is -2.68. The molecule has 1 heterocycles. The highest BCUT2D eigenvalue weighted by Gasteiger charge is 2.21. The molecular weight excluding hydrogens is 442 g/mol. The number of nitrogens with one attached hydrogen (secondary N) is 1. The molecule has 0 radical (unpaired) electrons. The predicted octanol–water partition coefficient (Wildman–Crippen LogP) is 4.48. The second-order valence-corrected chi connectivity index (χ2v) is 9.86. The molecule has 0 fully saturated rings. The monoisotopic (exact) mass is 459 g/mol. The number of hydrogen-bond acceptors (Lipinski definition) is 4. The molecule has 0 aliphatic carbocycles. The van der Waals surface area contributed by atoms with Gasteiger partial charge in [0, 0.05) is 23.9 Å². The molecule has 0 aliphatic rings. The van der Waals surface area contributed by atoms with Gasteiger partial charge in [-0.05, 0) is 36.4 Å². The zero-order valence-corrected chi connectivity index (χ0v) is 18.6. The molecule has 0 aliphatic heterocycles. The van der Waals surface area contributed by atoms with Crippen LogP contribution in [0.3, 0.4) is 0 Å². The van der Waals surface area contributed by atoms with E-state index in [1.54, 1.807) is 32.3 Å². The molecule has 0 saturated heterocycles. The summed E-state index contributed by atoms with van der Waals surface area (Å²) in [6.07, 6.45) is 0. The van der Waals surface area contributed by atoms with Crippen molar-refractivity contribution in [2.45, 2.75) is 14.7 Å². The minimum Gasteiger partial charge on any atom is -0.295 e. The van der Waals surface area contributed by atoms with Crippen LogP contribution < -0.4 is 10.4 Å². The average molecular weight is 460 g/mol. The predicted molar refractivity (Wildman–Crippen MR) is 121 cm³/mol. The first-order chi connectivity index (χ1) is 14.3. The van der Waals surface area contributed by atoms with E-state index in [2.05, 4.69) is 4.72 Å².